The molecule has 1 amide bonds. The number of hydrogen-bond acceptors (Lipinski definition) is 4. The Labute approximate surface area is 129 Å². The van der Waals surface area contributed by atoms with Crippen molar-refractivity contribution in [1.82, 2.24) is 5.32 Å². The number of methoxy groups -OCH3 is 1. The van der Waals surface area contributed by atoms with Gasteiger partial charge in [0.05, 0.1) is 12.5 Å². The predicted octanol–water partition coefficient (Wildman–Crippen LogP) is 1.72. The zero-order valence-corrected chi connectivity index (χ0v) is 12.9. The minimum absolute atomic E-state index is 0.0321. The van der Waals surface area contributed by atoms with Gasteiger partial charge in [-0.2, -0.15) is 0 Å². The second-order valence-corrected chi connectivity index (χ2v) is 5.67. The number of ether oxygens (including phenoxy) is 2. The van der Waals surface area contributed by atoms with Gasteiger partial charge in [0.15, 0.2) is 0 Å². The molecule has 0 bridgehead atoms. The van der Waals surface area contributed by atoms with E-state index in [2.05, 4.69) is 5.32 Å². The Hall–Kier alpha value is -1.30. The molecule has 2 rings (SSSR count). The summed E-state index contributed by atoms with van der Waals surface area (Å²) in [6.07, 6.45) is 1.31. The Kier molecular flexibility index (Phi) is 5.45. The number of amides is 1. The van der Waals surface area contributed by atoms with Crippen molar-refractivity contribution in [2.24, 2.45) is 11.1 Å². The first-order valence-corrected chi connectivity index (χ1v) is 7.37. The second kappa shape index (κ2) is 7.11. The van der Waals surface area contributed by atoms with Gasteiger partial charge >= 0.3 is 0 Å². The molecule has 116 valence electrons. The molecular weight excluding hydrogens is 292 g/mol. The fraction of sp³-hybridized carbons (Fsp3) is 0.533. The van der Waals surface area contributed by atoms with E-state index < -0.39 is 5.41 Å². The molecule has 6 heteroatoms. The van der Waals surface area contributed by atoms with Crippen LogP contribution in [0.2, 0.25) is 5.02 Å². The summed E-state index contributed by atoms with van der Waals surface area (Å²) in [6.45, 7) is 1.84. The molecule has 1 aromatic rings. The molecule has 1 saturated heterocycles. The van der Waals surface area contributed by atoms with Crippen LogP contribution in [0, 0.1) is 5.41 Å². The van der Waals surface area contributed by atoms with Crippen molar-refractivity contribution in [2.75, 3.05) is 26.9 Å². The number of hydrogen-bond donors (Lipinski definition) is 2. The van der Waals surface area contributed by atoms with Gasteiger partial charge < -0.3 is 20.5 Å². The van der Waals surface area contributed by atoms with Gasteiger partial charge in [-0.25, -0.2) is 0 Å². The van der Waals surface area contributed by atoms with E-state index >= 15 is 0 Å². The van der Waals surface area contributed by atoms with E-state index in [9.17, 15) is 4.79 Å². The molecule has 0 radical (unpaired) electrons. The molecule has 1 fully saturated rings. The highest BCUT2D eigenvalue weighted by Gasteiger charge is 2.38. The topological polar surface area (TPSA) is 73.6 Å². The number of carbonyl (C=O) groups excluding carboxylic acids is 1. The monoisotopic (exact) mass is 312 g/mol. The number of carbonyl (C=O) groups is 1. The lowest BCUT2D eigenvalue weighted by molar-refractivity contribution is -0.136. The molecule has 1 aromatic carbocycles. The molecule has 1 heterocycles. The normalized spacial score (nSPS) is 17.3. The van der Waals surface area contributed by atoms with Crippen LogP contribution in [-0.2, 0) is 16.1 Å². The standard InChI is InChI=1S/C15H21ClN2O3/c1-20-13-3-2-12(16)8-11(13)9-18-14(19)15(10-17)4-6-21-7-5-15/h2-3,8H,4-7,9-10,17H2,1H3,(H,18,19). The molecule has 1 aliphatic heterocycles. The molecule has 3 N–H and O–H groups in total. The van der Waals surface area contributed by atoms with Crippen LogP contribution >= 0.6 is 11.6 Å². The van der Waals surface area contributed by atoms with Crippen molar-refractivity contribution >= 4 is 17.5 Å². The summed E-state index contributed by atoms with van der Waals surface area (Å²) < 4.78 is 10.6. The van der Waals surface area contributed by atoms with Crippen LogP contribution in [0.1, 0.15) is 18.4 Å². The van der Waals surface area contributed by atoms with E-state index in [1.807, 2.05) is 0 Å². The molecule has 5 nitrogen and oxygen atoms in total. The molecular formula is C15H21ClN2O3. The van der Waals surface area contributed by atoms with Gasteiger partial charge in [0.2, 0.25) is 5.91 Å². The average molecular weight is 313 g/mol. The van der Waals surface area contributed by atoms with Crippen molar-refractivity contribution in [1.29, 1.82) is 0 Å². The van der Waals surface area contributed by atoms with Gasteiger partial charge in [-0.15, -0.1) is 0 Å². The third-order valence-electron chi connectivity index (χ3n) is 4.00. The third-order valence-corrected chi connectivity index (χ3v) is 4.24. The molecule has 0 unspecified atom stereocenters. The van der Waals surface area contributed by atoms with E-state index in [4.69, 9.17) is 26.8 Å². The van der Waals surface area contributed by atoms with Crippen molar-refractivity contribution in [3.8, 4) is 5.75 Å². The van der Waals surface area contributed by atoms with E-state index in [0.29, 0.717) is 49.9 Å². The predicted molar refractivity (Wildman–Crippen MR) is 81.4 cm³/mol. The smallest absolute Gasteiger partial charge is 0.227 e. The van der Waals surface area contributed by atoms with Crippen LogP contribution in [0.15, 0.2) is 18.2 Å². The summed E-state index contributed by atoms with van der Waals surface area (Å²) >= 11 is 5.99. The third kappa shape index (κ3) is 3.67. The lowest BCUT2D eigenvalue weighted by Crippen LogP contribution is -2.49. The highest BCUT2D eigenvalue weighted by molar-refractivity contribution is 6.30. The van der Waals surface area contributed by atoms with Gasteiger partial charge in [-0.05, 0) is 31.0 Å². The number of benzene rings is 1. The molecule has 0 aromatic heterocycles. The van der Waals surface area contributed by atoms with E-state index in [1.165, 1.54) is 0 Å². The van der Waals surface area contributed by atoms with Gasteiger partial charge in [0.1, 0.15) is 5.75 Å². The molecule has 0 saturated carbocycles. The summed E-state index contributed by atoms with van der Waals surface area (Å²) in [5.74, 6) is 0.670. The maximum absolute atomic E-state index is 12.5. The first kappa shape index (κ1) is 16.1. The van der Waals surface area contributed by atoms with Crippen molar-refractivity contribution in [3.05, 3.63) is 28.8 Å². The van der Waals surface area contributed by atoms with Crippen molar-refractivity contribution < 1.29 is 14.3 Å². The average Bonchev–Trinajstić information content (AvgIpc) is 2.53. The maximum Gasteiger partial charge on any atom is 0.227 e. The Balaban J connectivity index is 2.05. The second-order valence-electron chi connectivity index (χ2n) is 5.24. The lowest BCUT2D eigenvalue weighted by Gasteiger charge is -2.34. The molecule has 21 heavy (non-hydrogen) atoms. The van der Waals surface area contributed by atoms with Gasteiger partial charge in [-0.1, -0.05) is 11.6 Å². The fourth-order valence-electron chi connectivity index (χ4n) is 2.53. The van der Waals surface area contributed by atoms with Gasteiger partial charge in [0.25, 0.3) is 0 Å². The fourth-order valence-corrected chi connectivity index (χ4v) is 2.73. The van der Waals surface area contributed by atoms with Crippen molar-refractivity contribution in [2.45, 2.75) is 19.4 Å². The number of rotatable bonds is 5. The quantitative estimate of drug-likeness (QED) is 0.868. The minimum atomic E-state index is -0.524. The number of halogens is 1. The lowest BCUT2D eigenvalue weighted by atomic mass is 9.79. The Bertz CT molecular complexity index is 502. The summed E-state index contributed by atoms with van der Waals surface area (Å²) in [6, 6.07) is 5.34. The highest BCUT2D eigenvalue weighted by Crippen LogP contribution is 2.30. The first-order valence-electron chi connectivity index (χ1n) is 7.00. The number of nitrogens with two attached hydrogens (primary N) is 1. The first-order chi connectivity index (χ1) is 10.1. The summed E-state index contributed by atoms with van der Waals surface area (Å²) in [4.78, 5) is 12.5. The maximum atomic E-state index is 12.5. The number of nitrogens with one attached hydrogen (secondary N) is 1. The van der Waals surface area contributed by atoms with E-state index in [-0.39, 0.29) is 5.91 Å². The summed E-state index contributed by atoms with van der Waals surface area (Å²) in [5, 5.41) is 3.56. The van der Waals surface area contributed by atoms with Crippen molar-refractivity contribution in [3.63, 3.8) is 0 Å². The molecule has 0 atom stereocenters. The Morgan fingerprint density at radius 2 is 2.19 bits per heavy atom. The molecule has 0 aliphatic carbocycles. The van der Waals surface area contributed by atoms with Crippen LogP contribution in [-0.4, -0.2) is 32.8 Å². The summed E-state index contributed by atoms with van der Waals surface area (Å²) in [7, 11) is 1.59. The van der Waals surface area contributed by atoms with Gasteiger partial charge in [0, 0.05) is 36.9 Å². The zero-order valence-electron chi connectivity index (χ0n) is 12.2. The minimum Gasteiger partial charge on any atom is -0.496 e. The Morgan fingerprint density at radius 3 is 2.81 bits per heavy atom. The van der Waals surface area contributed by atoms with Gasteiger partial charge in [-0.3, -0.25) is 4.79 Å². The zero-order chi connectivity index (χ0) is 15.3. The highest BCUT2D eigenvalue weighted by atomic mass is 35.5. The molecule has 1 aliphatic rings. The van der Waals surface area contributed by atoms with Crippen LogP contribution in [0.5, 0.6) is 5.75 Å². The largest absolute Gasteiger partial charge is 0.496 e. The van der Waals surface area contributed by atoms with Crippen LogP contribution in [0.4, 0.5) is 0 Å². The van der Waals surface area contributed by atoms with Crippen LogP contribution in [0.3, 0.4) is 0 Å². The SMILES string of the molecule is COc1ccc(Cl)cc1CNC(=O)C1(CN)CCOCC1. The van der Waals surface area contributed by atoms with E-state index in [1.54, 1.807) is 25.3 Å². The van der Waals surface area contributed by atoms with Crippen LogP contribution in [0.25, 0.3) is 0 Å². The van der Waals surface area contributed by atoms with E-state index in [0.717, 1.165) is 5.56 Å². The molecule has 0 spiro atoms. The Morgan fingerprint density at radius 1 is 1.48 bits per heavy atom. The summed E-state index contributed by atoms with van der Waals surface area (Å²) in [5.41, 5.74) is 6.15. The van der Waals surface area contributed by atoms with Crippen LogP contribution < -0.4 is 15.8 Å².